The van der Waals surface area contributed by atoms with Crippen LogP contribution in [0.5, 0.6) is 5.75 Å². The molecule has 1 aliphatic heterocycles. The fourth-order valence-corrected chi connectivity index (χ4v) is 6.22. The van der Waals surface area contributed by atoms with Crippen LogP contribution in [0.15, 0.2) is 48.5 Å². The first kappa shape index (κ1) is 35.2. The first-order valence-electron chi connectivity index (χ1n) is 16.9. The molecule has 4 amide bonds. The summed E-state index contributed by atoms with van der Waals surface area (Å²) in [6.45, 7) is 6.72. The normalized spacial score (nSPS) is 22.5. The highest BCUT2D eigenvalue weighted by Gasteiger charge is 2.31. The molecule has 2 aromatic rings. The van der Waals surface area contributed by atoms with Crippen molar-refractivity contribution in [2.24, 2.45) is 5.92 Å². The molecule has 0 saturated heterocycles. The van der Waals surface area contributed by atoms with Crippen molar-refractivity contribution in [1.82, 2.24) is 15.1 Å². The topological polar surface area (TPSA) is 120 Å². The average Bonchev–Trinajstić information content (AvgIpc) is 3.06. The van der Waals surface area contributed by atoms with Crippen LogP contribution in [-0.4, -0.2) is 90.4 Å². The number of hydrogen-bond donors (Lipinski definition) is 3. The quantitative estimate of drug-likeness (QED) is 0.358. The molecule has 4 atom stereocenters. The summed E-state index contributed by atoms with van der Waals surface area (Å²) in [7, 11) is 1.77. The highest BCUT2D eigenvalue weighted by atomic mass is 16.5. The Morgan fingerprint density at radius 3 is 2.46 bits per heavy atom. The summed E-state index contributed by atoms with van der Waals surface area (Å²) < 4.78 is 12.7. The Balaban J connectivity index is 1.58. The summed E-state index contributed by atoms with van der Waals surface area (Å²) in [4.78, 5) is 43.7. The molecule has 0 spiro atoms. The number of likely N-dealkylation sites (N-methyl/N-ethyl adjacent to an activating group) is 1. The lowest BCUT2D eigenvalue weighted by molar-refractivity contribution is -0.0149. The van der Waals surface area contributed by atoms with Gasteiger partial charge in [0.2, 0.25) is 0 Å². The second kappa shape index (κ2) is 17.3. The van der Waals surface area contributed by atoms with E-state index in [1.54, 1.807) is 54.1 Å². The number of aliphatic hydroxyl groups excluding tert-OH is 1. The molecule has 4 rings (SSSR count). The number of carbonyl (C=O) groups excluding carboxylic acids is 3. The van der Waals surface area contributed by atoms with Crippen molar-refractivity contribution in [3.05, 3.63) is 59.7 Å². The van der Waals surface area contributed by atoms with Gasteiger partial charge in [0, 0.05) is 50.0 Å². The minimum Gasteiger partial charge on any atom is -0.490 e. The van der Waals surface area contributed by atoms with E-state index in [1.807, 2.05) is 32.0 Å². The fraction of sp³-hybridized carbons (Fsp3) is 0.583. The van der Waals surface area contributed by atoms with E-state index in [0.717, 1.165) is 44.9 Å². The van der Waals surface area contributed by atoms with E-state index in [-0.39, 0.29) is 55.2 Å². The first-order valence-corrected chi connectivity index (χ1v) is 16.9. The summed E-state index contributed by atoms with van der Waals surface area (Å²) in [6.07, 6.45) is 7.32. The van der Waals surface area contributed by atoms with Crippen molar-refractivity contribution in [2.45, 2.75) is 96.4 Å². The summed E-state index contributed by atoms with van der Waals surface area (Å²) in [5.74, 6) is -0.134. The molecular weight excluding hydrogens is 584 g/mol. The average molecular weight is 637 g/mol. The predicted molar refractivity (Wildman–Crippen MR) is 179 cm³/mol. The number of fused-ring (bicyclic) bond motifs is 1. The van der Waals surface area contributed by atoms with Gasteiger partial charge in [0.25, 0.3) is 11.8 Å². The number of urea groups is 1. The number of amides is 4. The van der Waals surface area contributed by atoms with Gasteiger partial charge in [0.1, 0.15) is 5.75 Å². The van der Waals surface area contributed by atoms with E-state index in [0.29, 0.717) is 35.7 Å². The summed E-state index contributed by atoms with van der Waals surface area (Å²) in [6, 6.07) is 13.7. The third-order valence-electron chi connectivity index (χ3n) is 9.07. The number of aliphatic hydroxyl groups is 1. The van der Waals surface area contributed by atoms with E-state index in [4.69, 9.17) is 9.47 Å². The predicted octanol–water partition coefficient (Wildman–Crippen LogP) is 5.71. The maximum absolute atomic E-state index is 14.3. The monoisotopic (exact) mass is 636 g/mol. The van der Waals surface area contributed by atoms with Gasteiger partial charge in [-0.15, -0.1) is 0 Å². The van der Waals surface area contributed by atoms with Crippen LogP contribution in [0.2, 0.25) is 0 Å². The van der Waals surface area contributed by atoms with Gasteiger partial charge in [0.15, 0.2) is 0 Å². The lowest BCUT2D eigenvalue weighted by Gasteiger charge is -2.36. The van der Waals surface area contributed by atoms with Gasteiger partial charge < -0.3 is 35.0 Å². The van der Waals surface area contributed by atoms with Crippen LogP contribution in [0.4, 0.5) is 10.5 Å². The first-order chi connectivity index (χ1) is 22.2. The molecule has 0 unspecified atom stereocenters. The van der Waals surface area contributed by atoms with E-state index in [9.17, 15) is 19.5 Å². The molecule has 0 bridgehead atoms. The third-order valence-corrected chi connectivity index (χ3v) is 9.07. The number of anilines is 1. The number of ether oxygens (including phenoxy) is 2. The third kappa shape index (κ3) is 9.93. The smallest absolute Gasteiger partial charge is 0.319 e. The summed E-state index contributed by atoms with van der Waals surface area (Å²) >= 11 is 0. The van der Waals surface area contributed by atoms with Crippen molar-refractivity contribution < 1.29 is 29.0 Å². The van der Waals surface area contributed by atoms with Crippen LogP contribution >= 0.6 is 0 Å². The lowest BCUT2D eigenvalue weighted by Crippen LogP contribution is -2.48. The Labute approximate surface area is 273 Å². The second-order valence-electron chi connectivity index (χ2n) is 13.0. The number of carbonyl (C=O) groups is 3. The van der Waals surface area contributed by atoms with Crippen LogP contribution in [0, 0.1) is 5.92 Å². The number of rotatable bonds is 7. The molecule has 0 aromatic heterocycles. The number of nitrogens with one attached hydrogen (secondary N) is 2. The summed E-state index contributed by atoms with van der Waals surface area (Å²) in [5, 5.41) is 16.2. The minimum absolute atomic E-state index is 0.0973. The second-order valence-corrected chi connectivity index (χ2v) is 13.0. The lowest BCUT2D eigenvalue weighted by atomic mass is 9.96. The van der Waals surface area contributed by atoms with Crippen molar-refractivity contribution in [3.63, 3.8) is 0 Å². The molecule has 3 N–H and O–H groups in total. The summed E-state index contributed by atoms with van der Waals surface area (Å²) in [5.41, 5.74) is 1.41. The Bertz CT molecular complexity index is 1280. The van der Waals surface area contributed by atoms with Gasteiger partial charge >= 0.3 is 6.03 Å². The van der Waals surface area contributed by atoms with Crippen LogP contribution in [0.3, 0.4) is 0 Å². The Morgan fingerprint density at radius 2 is 1.74 bits per heavy atom. The van der Waals surface area contributed by atoms with Crippen molar-refractivity contribution in [3.8, 4) is 5.75 Å². The molecule has 1 fully saturated rings. The zero-order chi connectivity index (χ0) is 33.1. The van der Waals surface area contributed by atoms with Gasteiger partial charge in [0.05, 0.1) is 30.4 Å². The van der Waals surface area contributed by atoms with E-state index in [1.165, 1.54) is 6.42 Å². The van der Waals surface area contributed by atoms with Crippen LogP contribution in [0.25, 0.3) is 0 Å². The molecular formula is C36H52N4O6. The Hall–Kier alpha value is -3.63. The molecule has 46 heavy (non-hydrogen) atoms. The number of benzene rings is 2. The van der Waals surface area contributed by atoms with Gasteiger partial charge in [-0.3, -0.25) is 9.59 Å². The largest absolute Gasteiger partial charge is 0.490 e. The number of nitrogens with zero attached hydrogens (tertiary/aromatic N) is 2. The van der Waals surface area contributed by atoms with Crippen molar-refractivity contribution in [2.75, 3.05) is 38.7 Å². The Morgan fingerprint density at radius 1 is 1.02 bits per heavy atom. The molecule has 2 aliphatic rings. The zero-order valence-electron chi connectivity index (χ0n) is 27.9. The number of hydrogen-bond acceptors (Lipinski definition) is 6. The molecule has 1 heterocycles. The van der Waals surface area contributed by atoms with E-state index >= 15 is 0 Å². The standard InChI is InChI=1S/C36H52N4O6/c1-25-22-40(26(2)24-41)35(43)31-21-30(38-36(44)37-29-16-9-6-10-17-29)18-19-32(31)46-27(3)13-11-12-20-45-33(25)23-39(4)34(42)28-14-7-5-8-15-28/h5,7-8,14-15,18-19,21,25-27,29,33,41H,6,9-13,16-17,20,22-24H2,1-4H3,(H2,37,38,44)/t25-,26-,27+,33+/m1/s1. The SMILES string of the molecule is C[C@@H]1CN([C@H](C)CO)C(=O)c2cc(NC(=O)NC3CCCCC3)ccc2O[C@@H](C)CCCCO[C@H]1CN(C)C(=O)c1ccccc1. The van der Waals surface area contributed by atoms with Gasteiger partial charge in [-0.05, 0) is 76.3 Å². The highest BCUT2D eigenvalue weighted by Crippen LogP contribution is 2.29. The van der Waals surface area contributed by atoms with Crippen LogP contribution in [0.1, 0.15) is 92.9 Å². The van der Waals surface area contributed by atoms with Crippen molar-refractivity contribution >= 4 is 23.5 Å². The molecule has 10 nitrogen and oxygen atoms in total. The molecule has 0 radical (unpaired) electrons. The molecule has 1 aliphatic carbocycles. The maximum atomic E-state index is 14.3. The van der Waals surface area contributed by atoms with E-state index in [2.05, 4.69) is 10.6 Å². The van der Waals surface area contributed by atoms with Crippen molar-refractivity contribution in [1.29, 1.82) is 0 Å². The van der Waals surface area contributed by atoms with Crippen LogP contribution in [-0.2, 0) is 4.74 Å². The highest BCUT2D eigenvalue weighted by molar-refractivity contribution is 5.99. The maximum Gasteiger partial charge on any atom is 0.319 e. The molecule has 2 aromatic carbocycles. The molecule has 252 valence electrons. The zero-order valence-corrected chi connectivity index (χ0v) is 27.9. The van der Waals surface area contributed by atoms with Gasteiger partial charge in [-0.1, -0.05) is 44.4 Å². The van der Waals surface area contributed by atoms with E-state index < -0.39 is 6.04 Å². The van der Waals surface area contributed by atoms with Gasteiger partial charge in [-0.2, -0.15) is 0 Å². The molecule has 1 saturated carbocycles. The van der Waals surface area contributed by atoms with Crippen LogP contribution < -0.4 is 15.4 Å². The Kier molecular flexibility index (Phi) is 13.3. The fourth-order valence-electron chi connectivity index (χ4n) is 6.22. The minimum atomic E-state index is -0.497. The molecule has 10 heteroatoms. The van der Waals surface area contributed by atoms with Gasteiger partial charge in [-0.25, -0.2) is 4.79 Å².